The lowest BCUT2D eigenvalue weighted by molar-refractivity contribution is 0.0827. The molecule has 0 bridgehead atoms. The van der Waals surface area contributed by atoms with Crippen molar-refractivity contribution < 1.29 is 22.4 Å². The molecule has 7 nitrogen and oxygen atoms in total. The van der Waals surface area contributed by atoms with Crippen LogP contribution in [0.5, 0.6) is 0 Å². The van der Waals surface area contributed by atoms with Crippen LogP contribution in [-0.4, -0.2) is 39.2 Å². The molecule has 3 rings (SSSR count). The Kier molecular flexibility index (Phi) is 6.71. The van der Waals surface area contributed by atoms with Crippen LogP contribution in [0.1, 0.15) is 26.3 Å². The van der Waals surface area contributed by atoms with E-state index < -0.39 is 21.7 Å². The average molecular weight is 456 g/mol. The van der Waals surface area contributed by atoms with E-state index in [2.05, 4.69) is 0 Å². The largest absolute Gasteiger partial charge is 0.345 e. The molecule has 0 heterocycles. The molecule has 0 unspecified atom stereocenters. The van der Waals surface area contributed by atoms with Crippen LogP contribution < -0.4 is 10.3 Å². The second kappa shape index (κ2) is 9.29. The predicted octanol–water partition coefficient (Wildman–Crippen LogP) is 3.13. The van der Waals surface area contributed by atoms with Gasteiger partial charge in [-0.05, 0) is 60.0 Å². The first kappa shape index (κ1) is 23.1. The minimum absolute atomic E-state index is 0.164. The summed E-state index contributed by atoms with van der Waals surface area (Å²) in [6.45, 7) is 1.53. The maximum Gasteiger partial charge on any atom is 0.269 e. The predicted molar refractivity (Wildman–Crippen MR) is 119 cm³/mol. The Hall–Kier alpha value is -3.56. The minimum atomic E-state index is -4.14. The number of benzene rings is 3. The summed E-state index contributed by atoms with van der Waals surface area (Å²) in [6, 6.07) is 17.3. The Morgan fingerprint density at radius 1 is 0.906 bits per heavy atom. The first-order chi connectivity index (χ1) is 15.1. The van der Waals surface area contributed by atoms with E-state index in [9.17, 15) is 22.4 Å². The van der Waals surface area contributed by atoms with E-state index in [0.29, 0.717) is 11.1 Å². The average Bonchev–Trinajstić information content (AvgIpc) is 2.79. The van der Waals surface area contributed by atoms with Gasteiger partial charge in [0.05, 0.1) is 10.5 Å². The number of carbonyl (C=O) groups excluding carboxylic acids is 2. The SMILES string of the molecule is Cc1cc(-c2ccccc2)cc(C(=O)NNS(=O)(=O)c2ccc(C(=O)N(C)C)cc2)c1F. The normalized spacial score (nSPS) is 11.1. The highest BCUT2D eigenvalue weighted by Gasteiger charge is 2.20. The van der Waals surface area contributed by atoms with Crippen molar-refractivity contribution in [3.63, 3.8) is 0 Å². The zero-order valence-corrected chi connectivity index (χ0v) is 18.5. The summed E-state index contributed by atoms with van der Waals surface area (Å²) in [5, 5.41) is 0. The number of hydrogen-bond donors (Lipinski definition) is 2. The fraction of sp³-hybridized carbons (Fsp3) is 0.130. The molecular weight excluding hydrogens is 433 g/mol. The van der Waals surface area contributed by atoms with Gasteiger partial charge in [0.2, 0.25) is 0 Å². The highest BCUT2D eigenvalue weighted by atomic mass is 32.2. The van der Waals surface area contributed by atoms with Gasteiger partial charge >= 0.3 is 0 Å². The van der Waals surface area contributed by atoms with Gasteiger partial charge in [-0.3, -0.25) is 15.0 Å². The number of carbonyl (C=O) groups is 2. The van der Waals surface area contributed by atoms with Gasteiger partial charge in [0.25, 0.3) is 21.8 Å². The fourth-order valence-electron chi connectivity index (χ4n) is 3.01. The van der Waals surface area contributed by atoms with E-state index in [0.717, 1.165) is 5.56 Å². The third-order valence-corrected chi connectivity index (χ3v) is 5.99. The first-order valence-corrected chi connectivity index (χ1v) is 11.1. The summed E-state index contributed by atoms with van der Waals surface area (Å²) in [5.41, 5.74) is 3.73. The Labute approximate surface area is 185 Å². The molecule has 0 aromatic heterocycles. The maximum atomic E-state index is 14.6. The lowest BCUT2D eigenvalue weighted by Gasteiger charge is -2.13. The van der Waals surface area contributed by atoms with Crippen molar-refractivity contribution in [2.45, 2.75) is 11.8 Å². The smallest absolute Gasteiger partial charge is 0.269 e. The zero-order valence-electron chi connectivity index (χ0n) is 17.7. The Morgan fingerprint density at radius 3 is 2.12 bits per heavy atom. The van der Waals surface area contributed by atoms with Gasteiger partial charge in [0.15, 0.2) is 0 Å². The number of nitrogens with zero attached hydrogens (tertiary/aromatic N) is 1. The van der Waals surface area contributed by atoms with E-state index >= 15 is 0 Å². The summed E-state index contributed by atoms with van der Waals surface area (Å²) in [5.74, 6) is -1.96. The number of hydrazine groups is 1. The fourth-order valence-corrected chi connectivity index (χ4v) is 3.85. The molecule has 0 atom stereocenters. The molecule has 0 aliphatic heterocycles. The second-order valence-corrected chi connectivity index (χ2v) is 8.99. The van der Waals surface area contributed by atoms with Crippen molar-refractivity contribution >= 4 is 21.8 Å². The van der Waals surface area contributed by atoms with Gasteiger partial charge < -0.3 is 4.90 Å². The van der Waals surface area contributed by atoms with Gasteiger partial charge in [-0.2, -0.15) is 0 Å². The van der Waals surface area contributed by atoms with E-state index in [1.807, 2.05) is 40.6 Å². The van der Waals surface area contributed by atoms with E-state index in [4.69, 9.17) is 0 Å². The van der Waals surface area contributed by atoms with Gasteiger partial charge in [0.1, 0.15) is 5.82 Å². The molecule has 166 valence electrons. The van der Waals surface area contributed by atoms with Crippen LogP contribution in [0.2, 0.25) is 0 Å². The summed E-state index contributed by atoms with van der Waals surface area (Å²) in [7, 11) is -0.978. The highest BCUT2D eigenvalue weighted by Crippen LogP contribution is 2.24. The number of hydrogen-bond acceptors (Lipinski definition) is 4. The molecule has 32 heavy (non-hydrogen) atoms. The molecule has 0 radical (unpaired) electrons. The van der Waals surface area contributed by atoms with Gasteiger partial charge in [-0.25, -0.2) is 12.8 Å². The summed E-state index contributed by atoms with van der Waals surface area (Å²) in [6.07, 6.45) is 0. The summed E-state index contributed by atoms with van der Waals surface area (Å²) < 4.78 is 39.6. The molecule has 2 amide bonds. The van der Waals surface area contributed by atoms with Gasteiger partial charge in [-0.15, -0.1) is 4.83 Å². The summed E-state index contributed by atoms with van der Waals surface area (Å²) in [4.78, 5) is 27.7. The third kappa shape index (κ3) is 5.01. The van der Waals surface area contributed by atoms with Crippen molar-refractivity contribution in [2.75, 3.05) is 14.1 Å². The molecule has 3 aromatic carbocycles. The Morgan fingerprint density at radius 2 is 1.53 bits per heavy atom. The van der Waals surface area contributed by atoms with Crippen molar-refractivity contribution in [3.8, 4) is 11.1 Å². The van der Waals surface area contributed by atoms with E-state index in [1.165, 1.54) is 42.2 Å². The van der Waals surface area contributed by atoms with Crippen LogP contribution >= 0.6 is 0 Å². The van der Waals surface area contributed by atoms with Crippen LogP contribution in [0.4, 0.5) is 4.39 Å². The molecule has 9 heteroatoms. The number of nitrogens with one attached hydrogen (secondary N) is 2. The molecule has 0 aliphatic rings. The summed E-state index contributed by atoms with van der Waals surface area (Å²) >= 11 is 0. The van der Waals surface area contributed by atoms with E-state index in [1.54, 1.807) is 20.2 Å². The molecule has 3 aromatic rings. The molecular formula is C23H22FN3O4S. The van der Waals surface area contributed by atoms with Gasteiger partial charge in [-0.1, -0.05) is 30.3 Å². The zero-order chi connectivity index (χ0) is 23.5. The van der Waals surface area contributed by atoms with Crippen molar-refractivity contribution in [1.82, 2.24) is 15.2 Å². The monoisotopic (exact) mass is 455 g/mol. The standard InChI is InChI=1S/C23H22FN3O4S/c1-15-13-18(16-7-5-4-6-8-16)14-20(21(15)24)22(28)25-26-32(30,31)19-11-9-17(10-12-19)23(29)27(2)3/h4-14,26H,1-3H3,(H,25,28). The molecule has 0 aliphatic carbocycles. The number of amides is 2. The molecule has 0 fully saturated rings. The lowest BCUT2D eigenvalue weighted by Crippen LogP contribution is -2.42. The number of aryl methyl sites for hydroxylation is 1. The van der Waals surface area contributed by atoms with Crippen molar-refractivity contribution in [1.29, 1.82) is 0 Å². The quantitative estimate of drug-likeness (QED) is 0.559. The molecule has 2 N–H and O–H groups in total. The third-order valence-electron chi connectivity index (χ3n) is 4.72. The highest BCUT2D eigenvalue weighted by molar-refractivity contribution is 7.89. The second-order valence-electron chi connectivity index (χ2n) is 7.30. The van der Waals surface area contributed by atoms with Crippen LogP contribution in [0.3, 0.4) is 0 Å². The van der Waals surface area contributed by atoms with Crippen LogP contribution in [-0.2, 0) is 10.0 Å². The molecule has 0 spiro atoms. The number of rotatable bonds is 6. The Balaban J connectivity index is 1.79. The molecule has 0 saturated carbocycles. The van der Waals surface area contributed by atoms with Crippen molar-refractivity contribution in [3.05, 3.63) is 89.2 Å². The van der Waals surface area contributed by atoms with Crippen LogP contribution in [0, 0.1) is 12.7 Å². The number of halogens is 1. The minimum Gasteiger partial charge on any atom is -0.345 e. The molecule has 0 saturated heterocycles. The topological polar surface area (TPSA) is 95.6 Å². The van der Waals surface area contributed by atoms with Crippen LogP contribution in [0.15, 0.2) is 71.6 Å². The maximum absolute atomic E-state index is 14.6. The number of sulfonamides is 1. The van der Waals surface area contributed by atoms with Gasteiger partial charge in [0, 0.05) is 19.7 Å². The lowest BCUT2D eigenvalue weighted by atomic mass is 9.99. The van der Waals surface area contributed by atoms with Crippen molar-refractivity contribution in [2.24, 2.45) is 0 Å². The Bertz CT molecular complexity index is 1260. The van der Waals surface area contributed by atoms with E-state index in [-0.39, 0.29) is 21.9 Å². The first-order valence-electron chi connectivity index (χ1n) is 9.59. The van der Waals surface area contributed by atoms with Crippen LogP contribution in [0.25, 0.3) is 11.1 Å².